The molecule has 1 N–H and O–H groups in total. The molecule has 2 aromatic carbocycles. The molecule has 0 fully saturated rings. The number of rotatable bonds is 5. The van der Waals surface area contributed by atoms with Crippen LogP contribution in [0.5, 0.6) is 5.75 Å². The molecule has 4 rings (SSSR count). The lowest BCUT2D eigenvalue weighted by Crippen LogP contribution is -2.03. The maximum Gasteiger partial charge on any atom is 0.345 e. The molecule has 2 heterocycles. The SMILES string of the molecule is COc1ccc(Cl)cc1N/C=C(\C#N)c1nc(-c2cc3cc(Br)ccc3oc2=O)cs1. The molecule has 2 aromatic heterocycles. The summed E-state index contributed by atoms with van der Waals surface area (Å²) in [5.41, 5.74) is 1.68. The van der Waals surface area contributed by atoms with E-state index in [4.69, 9.17) is 20.8 Å². The van der Waals surface area contributed by atoms with Crippen molar-refractivity contribution < 1.29 is 9.15 Å². The lowest BCUT2D eigenvalue weighted by molar-refractivity contribution is 0.417. The Morgan fingerprint density at radius 1 is 1.32 bits per heavy atom. The summed E-state index contributed by atoms with van der Waals surface area (Å²) in [6, 6.07) is 14.4. The van der Waals surface area contributed by atoms with Crippen LogP contribution in [0, 0.1) is 11.3 Å². The first-order valence-corrected chi connectivity index (χ1v) is 10.9. The van der Waals surface area contributed by atoms with Gasteiger partial charge in [0, 0.05) is 26.5 Å². The number of allylic oxidation sites excluding steroid dienone is 1. The third-order valence-electron chi connectivity index (χ3n) is 4.36. The monoisotopic (exact) mass is 513 g/mol. The van der Waals surface area contributed by atoms with Gasteiger partial charge >= 0.3 is 5.63 Å². The van der Waals surface area contributed by atoms with Crippen LogP contribution < -0.4 is 15.7 Å². The molecular formula is C22H13BrClN3O3S. The zero-order valence-corrected chi connectivity index (χ0v) is 19.1. The van der Waals surface area contributed by atoms with Gasteiger partial charge in [-0.15, -0.1) is 11.3 Å². The van der Waals surface area contributed by atoms with Gasteiger partial charge in [-0.3, -0.25) is 0 Å². The van der Waals surface area contributed by atoms with Crippen molar-refractivity contribution in [2.45, 2.75) is 0 Å². The topological polar surface area (TPSA) is 88.2 Å². The molecule has 31 heavy (non-hydrogen) atoms. The van der Waals surface area contributed by atoms with Crippen LogP contribution in [-0.2, 0) is 0 Å². The van der Waals surface area contributed by atoms with E-state index in [0.29, 0.717) is 43.9 Å². The van der Waals surface area contributed by atoms with Crippen molar-refractivity contribution in [3.63, 3.8) is 0 Å². The van der Waals surface area contributed by atoms with E-state index in [1.165, 1.54) is 17.5 Å². The summed E-state index contributed by atoms with van der Waals surface area (Å²) in [5, 5.41) is 16.1. The highest BCUT2D eigenvalue weighted by atomic mass is 79.9. The van der Waals surface area contributed by atoms with Crippen molar-refractivity contribution in [2.24, 2.45) is 0 Å². The summed E-state index contributed by atoms with van der Waals surface area (Å²) in [6.07, 6.45) is 1.52. The van der Waals surface area contributed by atoms with Crippen molar-refractivity contribution in [3.05, 3.63) is 79.0 Å². The Morgan fingerprint density at radius 2 is 2.16 bits per heavy atom. The molecule has 6 nitrogen and oxygen atoms in total. The van der Waals surface area contributed by atoms with Crippen LogP contribution in [0.1, 0.15) is 5.01 Å². The number of hydrogen-bond acceptors (Lipinski definition) is 7. The molecule has 0 bridgehead atoms. The minimum absolute atomic E-state index is 0.297. The summed E-state index contributed by atoms with van der Waals surface area (Å²) in [4.78, 5) is 16.9. The molecule has 0 spiro atoms. The quantitative estimate of drug-likeness (QED) is 0.248. The summed E-state index contributed by atoms with van der Waals surface area (Å²) >= 11 is 10.7. The molecule has 0 radical (unpaired) electrons. The average molecular weight is 515 g/mol. The van der Waals surface area contributed by atoms with E-state index in [1.807, 2.05) is 6.07 Å². The van der Waals surface area contributed by atoms with Gasteiger partial charge in [-0.25, -0.2) is 9.78 Å². The van der Waals surface area contributed by atoms with Gasteiger partial charge in [0.05, 0.1) is 24.1 Å². The van der Waals surface area contributed by atoms with Crippen LogP contribution in [0.3, 0.4) is 0 Å². The molecule has 0 unspecified atom stereocenters. The number of fused-ring (bicyclic) bond motifs is 1. The van der Waals surface area contributed by atoms with E-state index < -0.39 is 5.63 Å². The van der Waals surface area contributed by atoms with Gasteiger partial charge in [0.2, 0.25) is 0 Å². The normalized spacial score (nSPS) is 11.4. The molecule has 0 saturated heterocycles. The number of methoxy groups -OCH3 is 1. The number of nitrogens with one attached hydrogen (secondary N) is 1. The first kappa shape index (κ1) is 21.1. The molecule has 154 valence electrons. The van der Waals surface area contributed by atoms with Crippen molar-refractivity contribution in [3.8, 4) is 23.1 Å². The zero-order chi connectivity index (χ0) is 22.0. The van der Waals surface area contributed by atoms with Gasteiger partial charge in [-0.1, -0.05) is 27.5 Å². The van der Waals surface area contributed by atoms with Crippen LogP contribution in [-0.4, -0.2) is 12.1 Å². The number of aromatic nitrogens is 1. The highest BCUT2D eigenvalue weighted by Gasteiger charge is 2.14. The summed E-state index contributed by atoms with van der Waals surface area (Å²) < 4.78 is 11.6. The van der Waals surface area contributed by atoms with Gasteiger partial charge in [0.25, 0.3) is 0 Å². The number of thiazole rings is 1. The van der Waals surface area contributed by atoms with E-state index >= 15 is 0 Å². The molecule has 9 heteroatoms. The van der Waals surface area contributed by atoms with E-state index in [9.17, 15) is 10.1 Å². The van der Waals surface area contributed by atoms with Crippen molar-refractivity contribution in [1.29, 1.82) is 5.26 Å². The summed E-state index contributed by atoms with van der Waals surface area (Å²) in [5.74, 6) is 0.581. The predicted octanol–water partition coefficient (Wildman–Crippen LogP) is 6.32. The fraction of sp³-hybridized carbons (Fsp3) is 0.0455. The Labute approximate surface area is 194 Å². The second kappa shape index (κ2) is 8.94. The summed E-state index contributed by atoms with van der Waals surface area (Å²) in [7, 11) is 1.55. The summed E-state index contributed by atoms with van der Waals surface area (Å²) in [6.45, 7) is 0. The minimum Gasteiger partial charge on any atom is -0.495 e. The Kier molecular flexibility index (Phi) is 6.09. The fourth-order valence-electron chi connectivity index (χ4n) is 2.88. The smallest absolute Gasteiger partial charge is 0.345 e. The lowest BCUT2D eigenvalue weighted by atomic mass is 10.1. The molecule has 0 aliphatic carbocycles. The molecule has 0 amide bonds. The van der Waals surface area contributed by atoms with Crippen LogP contribution >= 0.6 is 38.9 Å². The van der Waals surface area contributed by atoms with Crippen LogP contribution in [0.25, 0.3) is 27.8 Å². The van der Waals surface area contributed by atoms with Gasteiger partial charge in [0.1, 0.15) is 28.0 Å². The van der Waals surface area contributed by atoms with Crippen LogP contribution in [0.15, 0.2) is 67.7 Å². The first-order chi connectivity index (χ1) is 15.0. The number of hydrogen-bond donors (Lipinski definition) is 1. The van der Waals surface area contributed by atoms with Crippen LogP contribution in [0.2, 0.25) is 5.02 Å². The highest BCUT2D eigenvalue weighted by molar-refractivity contribution is 9.10. The molecule has 0 aliphatic rings. The number of nitrogens with zero attached hydrogens (tertiary/aromatic N) is 2. The van der Waals surface area contributed by atoms with Gasteiger partial charge in [-0.05, 0) is 42.5 Å². The minimum atomic E-state index is -0.490. The number of benzene rings is 2. The zero-order valence-electron chi connectivity index (χ0n) is 16.0. The van der Waals surface area contributed by atoms with Gasteiger partial charge < -0.3 is 14.5 Å². The van der Waals surface area contributed by atoms with E-state index in [1.54, 1.807) is 48.9 Å². The first-order valence-electron chi connectivity index (χ1n) is 8.88. The second-order valence-corrected chi connectivity index (χ2v) is 8.54. The van der Waals surface area contributed by atoms with Gasteiger partial charge in [-0.2, -0.15) is 5.26 Å². The molecule has 0 atom stereocenters. The number of ether oxygens (including phenoxy) is 1. The molecular weight excluding hydrogens is 502 g/mol. The Hall–Kier alpha value is -3.12. The fourth-order valence-corrected chi connectivity index (χ4v) is 4.22. The standard InChI is InChI=1S/C22H13BrClN3O3S/c1-29-20-5-3-15(24)8-17(20)26-10-13(9-25)21-27-18(11-31-21)16-7-12-6-14(23)2-4-19(12)30-22(16)28/h2-8,10-11,26H,1H3/b13-10+. The van der Waals surface area contributed by atoms with Crippen molar-refractivity contribution >= 4 is 61.1 Å². The van der Waals surface area contributed by atoms with Crippen molar-refractivity contribution in [2.75, 3.05) is 12.4 Å². The molecule has 0 saturated carbocycles. The predicted molar refractivity (Wildman–Crippen MR) is 127 cm³/mol. The maximum absolute atomic E-state index is 12.4. The Bertz CT molecular complexity index is 1420. The Morgan fingerprint density at radius 3 is 2.94 bits per heavy atom. The molecule has 4 aromatic rings. The third-order valence-corrected chi connectivity index (χ3v) is 5.96. The van der Waals surface area contributed by atoms with Gasteiger partial charge in [0.15, 0.2) is 0 Å². The van der Waals surface area contributed by atoms with E-state index in [2.05, 4.69) is 32.3 Å². The Balaban J connectivity index is 1.68. The third kappa shape index (κ3) is 4.49. The van der Waals surface area contributed by atoms with E-state index in [0.717, 1.165) is 9.86 Å². The largest absolute Gasteiger partial charge is 0.495 e. The second-order valence-electron chi connectivity index (χ2n) is 6.33. The lowest BCUT2D eigenvalue weighted by Gasteiger charge is -2.08. The average Bonchev–Trinajstić information content (AvgIpc) is 3.24. The molecule has 0 aliphatic heterocycles. The highest BCUT2D eigenvalue weighted by Crippen LogP contribution is 2.30. The number of anilines is 1. The maximum atomic E-state index is 12.4. The van der Waals surface area contributed by atoms with Crippen LogP contribution in [0.4, 0.5) is 5.69 Å². The van der Waals surface area contributed by atoms with E-state index in [-0.39, 0.29) is 0 Å². The number of nitriles is 1. The number of halogens is 2. The van der Waals surface area contributed by atoms with Crippen molar-refractivity contribution in [1.82, 2.24) is 4.98 Å².